The average Bonchev–Trinajstić information content (AvgIpc) is 2.63. The molecule has 1 N–H and O–H groups in total. The van der Waals surface area contributed by atoms with Crippen LogP contribution in [0, 0.1) is 12.3 Å². The molecule has 1 fully saturated rings. The minimum Gasteiger partial charge on any atom is -0.382 e. The van der Waals surface area contributed by atoms with Gasteiger partial charge in [-0.05, 0) is 24.5 Å². The van der Waals surface area contributed by atoms with E-state index in [0.29, 0.717) is 0 Å². The summed E-state index contributed by atoms with van der Waals surface area (Å²) < 4.78 is 64.7. The number of hydrogen-bond acceptors (Lipinski definition) is 4. The predicted molar refractivity (Wildman–Crippen MR) is 92.4 cm³/mol. The van der Waals surface area contributed by atoms with Gasteiger partial charge in [-0.2, -0.15) is 17.5 Å². The first-order valence-electron chi connectivity index (χ1n) is 8.32. The van der Waals surface area contributed by atoms with Gasteiger partial charge >= 0.3 is 6.18 Å². The lowest BCUT2D eigenvalue weighted by Crippen LogP contribution is -2.47. The molecule has 1 unspecified atom stereocenters. The van der Waals surface area contributed by atoms with Crippen LogP contribution < -0.4 is 0 Å². The van der Waals surface area contributed by atoms with Crippen molar-refractivity contribution in [3.8, 4) is 0 Å². The third kappa shape index (κ3) is 5.20. The molecular weight excluding hydrogens is 385 g/mol. The summed E-state index contributed by atoms with van der Waals surface area (Å²) in [6.45, 7) is 3.49. The lowest BCUT2D eigenvalue weighted by molar-refractivity contribution is -0.208. The van der Waals surface area contributed by atoms with Gasteiger partial charge in [0.15, 0.2) is 6.10 Å². The molecule has 0 aliphatic carbocycles. The number of aliphatic hydroxyl groups excluding tert-OH is 1. The number of halogens is 3. The van der Waals surface area contributed by atoms with Gasteiger partial charge in [0.2, 0.25) is 15.9 Å². The van der Waals surface area contributed by atoms with Gasteiger partial charge in [0.1, 0.15) is 0 Å². The number of benzene rings is 1. The van der Waals surface area contributed by atoms with E-state index in [1.807, 2.05) is 0 Å². The normalized spacial score (nSPS) is 20.4. The van der Waals surface area contributed by atoms with Crippen molar-refractivity contribution < 1.29 is 31.5 Å². The van der Waals surface area contributed by atoms with Crippen LogP contribution in [0.15, 0.2) is 29.2 Å². The van der Waals surface area contributed by atoms with Gasteiger partial charge in [-0.25, -0.2) is 8.42 Å². The third-order valence-electron chi connectivity index (χ3n) is 4.32. The largest absolute Gasteiger partial charge is 0.416 e. The van der Waals surface area contributed by atoms with E-state index >= 15 is 0 Å². The molecule has 152 valence electrons. The Hall–Kier alpha value is -1.65. The Bertz CT molecular complexity index is 791. The Kier molecular flexibility index (Phi) is 5.93. The molecular formula is C17H23F3N2O4S. The Morgan fingerprint density at radius 2 is 1.74 bits per heavy atom. The Balaban J connectivity index is 2.29. The van der Waals surface area contributed by atoms with Gasteiger partial charge < -0.3 is 10.0 Å². The summed E-state index contributed by atoms with van der Waals surface area (Å²) in [5.41, 5.74) is 0.0726. The molecule has 1 saturated heterocycles. The lowest BCUT2D eigenvalue weighted by atomic mass is 9.93. The molecule has 1 atom stereocenters. The fourth-order valence-corrected chi connectivity index (χ4v) is 4.52. The van der Waals surface area contributed by atoms with E-state index in [9.17, 15) is 31.5 Å². The van der Waals surface area contributed by atoms with E-state index in [1.165, 1.54) is 12.1 Å². The van der Waals surface area contributed by atoms with Gasteiger partial charge in [-0.1, -0.05) is 31.5 Å². The molecule has 0 aromatic heterocycles. The van der Waals surface area contributed by atoms with Crippen molar-refractivity contribution in [1.82, 2.24) is 9.21 Å². The van der Waals surface area contributed by atoms with Crippen molar-refractivity contribution in [3.63, 3.8) is 0 Å². The number of nitrogens with zero attached hydrogens (tertiary/aromatic N) is 2. The van der Waals surface area contributed by atoms with Crippen LogP contribution in [0.5, 0.6) is 0 Å². The summed E-state index contributed by atoms with van der Waals surface area (Å²) in [5, 5.41) is 9.30. The summed E-state index contributed by atoms with van der Waals surface area (Å²) in [6, 6.07) is 6.11. The summed E-state index contributed by atoms with van der Waals surface area (Å²) >= 11 is 0. The number of hydrogen-bond donors (Lipinski definition) is 1. The summed E-state index contributed by atoms with van der Waals surface area (Å²) in [5.74, 6) is -0.778. The molecule has 2 rings (SSSR count). The third-order valence-corrected chi connectivity index (χ3v) is 6.12. The molecule has 1 aliphatic rings. The molecule has 1 aliphatic heterocycles. The van der Waals surface area contributed by atoms with Crippen LogP contribution in [0.2, 0.25) is 0 Å². The van der Waals surface area contributed by atoms with E-state index in [2.05, 4.69) is 0 Å². The predicted octanol–water partition coefficient (Wildman–Crippen LogP) is 1.78. The first kappa shape index (κ1) is 21.6. The van der Waals surface area contributed by atoms with Crippen LogP contribution >= 0.6 is 0 Å². The SMILES string of the molecule is Cc1ccc(S(=O)(=O)N2CC(=O)N(CC(O)C(F)(F)F)CC(C)(C)C2)cc1. The number of carbonyl (C=O) groups is 1. The molecule has 27 heavy (non-hydrogen) atoms. The lowest BCUT2D eigenvalue weighted by Gasteiger charge is -2.31. The highest BCUT2D eigenvalue weighted by molar-refractivity contribution is 7.89. The van der Waals surface area contributed by atoms with Gasteiger partial charge in [-0.3, -0.25) is 4.79 Å². The number of carbonyl (C=O) groups excluding carboxylic acids is 1. The molecule has 1 aromatic carbocycles. The average molecular weight is 408 g/mol. The topological polar surface area (TPSA) is 77.9 Å². The van der Waals surface area contributed by atoms with Crippen LogP contribution in [0.25, 0.3) is 0 Å². The summed E-state index contributed by atoms with van der Waals surface area (Å²) in [4.78, 5) is 13.3. The number of aryl methyl sites for hydroxylation is 1. The highest BCUT2D eigenvalue weighted by Crippen LogP contribution is 2.29. The van der Waals surface area contributed by atoms with Crippen LogP contribution in [-0.2, 0) is 14.8 Å². The second-order valence-electron chi connectivity index (χ2n) is 7.58. The zero-order valence-electron chi connectivity index (χ0n) is 15.3. The van der Waals surface area contributed by atoms with Crippen molar-refractivity contribution in [2.24, 2.45) is 5.41 Å². The number of sulfonamides is 1. The molecule has 6 nitrogen and oxygen atoms in total. The molecule has 1 aromatic rings. The van der Waals surface area contributed by atoms with Crippen LogP contribution in [0.3, 0.4) is 0 Å². The molecule has 10 heteroatoms. The van der Waals surface area contributed by atoms with E-state index < -0.39 is 46.7 Å². The second kappa shape index (κ2) is 7.40. The van der Waals surface area contributed by atoms with E-state index in [1.54, 1.807) is 32.9 Å². The first-order valence-corrected chi connectivity index (χ1v) is 9.76. The quantitative estimate of drug-likeness (QED) is 0.824. The van der Waals surface area contributed by atoms with Crippen LogP contribution in [0.1, 0.15) is 19.4 Å². The van der Waals surface area contributed by atoms with Crippen molar-refractivity contribution in [1.29, 1.82) is 0 Å². The number of alkyl halides is 3. The molecule has 0 radical (unpaired) electrons. The van der Waals surface area contributed by atoms with E-state index in [-0.39, 0.29) is 18.0 Å². The smallest absolute Gasteiger partial charge is 0.382 e. The maximum atomic E-state index is 12.9. The van der Waals surface area contributed by atoms with Gasteiger partial charge in [-0.15, -0.1) is 0 Å². The first-order chi connectivity index (χ1) is 12.2. The van der Waals surface area contributed by atoms with Gasteiger partial charge in [0, 0.05) is 13.1 Å². The van der Waals surface area contributed by atoms with E-state index in [4.69, 9.17) is 0 Å². The zero-order valence-corrected chi connectivity index (χ0v) is 16.1. The second-order valence-corrected chi connectivity index (χ2v) is 9.52. The van der Waals surface area contributed by atoms with Crippen molar-refractivity contribution in [3.05, 3.63) is 29.8 Å². The summed E-state index contributed by atoms with van der Waals surface area (Å²) in [7, 11) is -3.99. The highest BCUT2D eigenvalue weighted by Gasteiger charge is 2.43. The highest BCUT2D eigenvalue weighted by atomic mass is 32.2. The van der Waals surface area contributed by atoms with Crippen molar-refractivity contribution >= 4 is 15.9 Å². The minimum atomic E-state index is -4.86. The number of aliphatic hydroxyl groups is 1. The molecule has 0 saturated carbocycles. The van der Waals surface area contributed by atoms with Gasteiger partial charge in [0.05, 0.1) is 18.0 Å². The number of rotatable bonds is 4. The standard InChI is InChI=1S/C17H23F3N2O4S/c1-12-4-6-13(7-5-12)27(25,26)22-9-15(24)21(10-16(2,3)11-22)8-14(23)17(18,19)20/h4-7,14,23H,8-11H2,1-3H3. The Morgan fingerprint density at radius 1 is 1.19 bits per heavy atom. The fourth-order valence-electron chi connectivity index (χ4n) is 2.95. The van der Waals surface area contributed by atoms with Gasteiger partial charge in [0.25, 0.3) is 0 Å². The number of amides is 1. The molecule has 1 heterocycles. The van der Waals surface area contributed by atoms with E-state index in [0.717, 1.165) is 14.8 Å². The number of β-amino-alcohol motifs (C(OH)–C–C–N with tert-alkyl or cyclic N) is 1. The zero-order chi connectivity index (χ0) is 20.6. The maximum absolute atomic E-state index is 12.9. The van der Waals surface area contributed by atoms with Crippen LogP contribution in [-0.4, -0.2) is 67.1 Å². The minimum absolute atomic E-state index is 0.0143. The molecule has 0 spiro atoms. The van der Waals surface area contributed by atoms with Crippen molar-refractivity contribution in [2.75, 3.05) is 26.2 Å². The monoisotopic (exact) mass is 408 g/mol. The fraction of sp³-hybridized carbons (Fsp3) is 0.588. The Morgan fingerprint density at radius 3 is 2.26 bits per heavy atom. The molecule has 0 bridgehead atoms. The molecule has 1 amide bonds. The summed E-state index contributed by atoms with van der Waals surface area (Å²) in [6.07, 6.45) is -7.54. The Labute approximate surface area is 156 Å². The van der Waals surface area contributed by atoms with Crippen LogP contribution in [0.4, 0.5) is 13.2 Å². The maximum Gasteiger partial charge on any atom is 0.416 e. The van der Waals surface area contributed by atoms with Crippen molar-refractivity contribution in [2.45, 2.75) is 37.9 Å².